The molecular formula is C24H22F2N2O2S. The van der Waals surface area contributed by atoms with Crippen molar-refractivity contribution in [1.82, 2.24) is 9.80 Å². The summed E-state index contributed by atoms with van der Waals surface area (Å²) in [4.78, 5) is 30.0. The van der Waals surface area contributed by atoms with Gasteiger partial charge in [0, 0.05) is 23.5 Å². The van der Waals surface area contributed by atoms with Gasteiger partial charge in [-0.2, -0.15) is 0 Å². The van der Waals surface area contributed by atoms with E-state index in [1.54, 1.807) is 17.0 Å². The van der Waals surface area contributed by atoms with Gasteiger partial charge in [0.25, 0.3) is 5.91 Å². The smallest absolute Gasteiger partial charge is 0.254 e. The monoisotopic (exact) mass is 440 g/mol. The van der Waals surface area contributed by atoms with Crippen molar-refractivity contribution in [3.63, 3.8) is 0 Å². The zero-order valence-corrected chi connectivity index (χ0v) is 17.7. The highest BCUT2D eigenvalue weighted by Crippen LogP contribution is 2.16. The molecule has 0 radical (unpaired) electrons. The normalized spacial score (nSPS) is 10.5. The molecule has 0 fully saturated rings. The van der Waals surface area contributed by atoms with Gasteiger partial charge in [0.05, 0.1) is 6.54 Å². The zero-order chi connectivity index (χ0) is 22.2. The third kappa shape index (κ3) is 6.33. The Balaban J connectivity index is 1.79. The molecule has 2 amide bonds. The fourth-order valence-electron chi connectivity index (χ4n) is 3.08. The van der Waals surface area contributed by atoms with Crippen molar-refractivity contribution in [2.75, 3.05) is 13.1 Å². The molecule has 0 unspecified atom stereocenters. The van der Waals surface area contributed by atoms with Gasteiger partial charge in [0.2, 0.25) is 5.91 Å². The lowest BCUT2D eigenvalue weighted by atomic mass is 10.2. The first kappa shape index (κ1) is 22.4. The average molecular weight is 441 g/mol. The van der Waals surface area contributed by atoms with Crippen molar-refractivity contribution < 1.29 is 18.4 Å². The minimum absolute atomic E-state index is 0.143. The van der Waals surface area contributed by atoms with Crippen LogP contribution in [0.3, 0.4) is 0 Å². The molecule has 0 aliphatic carbocycles. The Morgan fingerprint density at radius 2 is 1.71 bits per heavy atom. The van der Waals surface area contributed by atoms with Crippen LogP contribution in [0.15, 0.2) is 78.7 Å². The van der Waals surface area contributed by atoms with E-state index >= 15 is 0 Å². The second-order valence-corrected chi connectivity index (χ2v) is 7.97. The summed E-state index contributed by atoms with van der Waals surface area (Å²) in [5.41, 5.74) is 0.941. The fourth-order valence-corrected chi connectivity index (χ4v) is 3.80. The molecule has 0 bridgehead atoms. The third-order valence-corrected chi connectivity index (χ3v) is 5.46. The maximum atomic E-state index is 13.6. The van der Waals surface area contributed by atoms with E-state index in [1.165, 1.54) is 52.6 Å². The van der Waals surface area contributed by atoms with Crippen LogP contribution in [0, 0.1) is 11.6 Å². The summed E-state index contributed by atoms with van der Waals surface area (Å²) >= 11 is 1.52. The molecule has 160 valence electrons. The minimum atomic E-state index is -0.522. The zero-order valence-electron chi connectivity index (χ0n) is 16.8. The molecular weight excluding hydrogens is 418 g/mol. The van der Waals surface area contributed by atoms with Gasteiger partial charge in [-0.15, -0.1) is 17.9 Å². The van der Waals surface area contributed by atoms with E-state index in [-0.39, 0.29) is 36.9 Å². The lowest BCUT2D eigenvalue weighted by Crippen LogP contribution is -2.42. The van der Waals surface area contributed by atoms with Crippen LogP contribution in [0.1, 0.15) is 20.8 Å². The highest BCUT2D eigenvalue weighted by atomic mass is 32.1. The number of hydrogen-bond acceptors (Lipinski definition) is 3. The lowest BCUT2D eigenvalue weighted by molar-refractivity contribution is -0.133. The molecule has 0 atom stereocenters. The summed E-state index contributed by atoms with van der Waals surface area (Å²) in [6, 6.07) is 15.1. The van der Waals surface area contributed by atoms with Crippen LogP contribution in [0.2, 0.25) is 0 Å². The lowest BCUT2D eigenvalue weighted by Gasteiger charge is -2.27. The van der Waals surface area contributed by atoms with E-state index in [1.807, 2.05) is 17.5 Å². The van der Waals surface area contributed by atoms with Crippen molar-refractivity contribution in [3.8, 4) is 0 Å². The molecule has 31 heavy (non-hydrogen) atoms. The molecule has 0 N–H and O–H groups in total. The molecule has 3 aromatic rings. The van der Waals surface area contributed by atoms with Crippen LogP contribution in [-0.4, -0.2) is 34.7 Å². The van der Waals surface area contributed by atoms with E-state index in [4.69, 9.17) is 0 Å². The van der Waals surface area contributed by atoms with Crippen LogP contribution in [0.5, 0.6) is 0 Å². The Hall–Kier alpha value is -3.32. The molecule has 0 saturated carbocycles. The van der Waals surface area contributed by atoms with Gasteiger partial charge in [0.15, 0.2) is 0 Å². The highest BCUT2D eigenvalue weighted by Gasteiger charge is 2.22. The largest absolute Gasteiger partial charge is 0.332 e. The van der Waals surface area contributed by atoms with Gasteiger partial charge in [-0.25, -0.2) is 8.78 Å². The molecule has 4 nitrogen and oxygen atoms in total. The van der Waals surface area contributed by atoms with Crippen LogP contribution < -0.4 is 0 Å². The Morgan fingerprint density at radius 1 is 0.935 bits per heavy atom. The van der Waals surface area contributed by atoms with Crippen molar-refractivity contribution in [2.45, 2.75) is 13.1 Å². The quantitative estimate of drug-likeness (QED) is 0.445. The minimum Gasteiger partial charge on any atom is -0.332 e. The average Bonchev–Trinajstić information content (AvgIpc) is 3.27. The van der Waals surface area contributed by atoms with Crippen molar-refractivity contribution in [1.29, 1.82) is 0 Å². The number of carbonyl (C=O) groups is 2. The van der Waals surface area contributed by atoms with Gasteiger partial charge in [-0.05, 0) is 47.3 Å². The van der Waals surface area contributed by atoms with E-state index in [0.29, 0.717) is 6.54 Å². The summed E-state index contributed by atoms with van der Waals surface area (Å²) in [5, 5.41) is 1.92. The number of carbonyl (C=O) groups excluding carboxylic acids is 2. The summed E-state index contributed by atoms with van der Waals surface area (Å²) in [6.45, 7) is 4.25. The topological polar surface area (TPSA) is 40.6 Å². The van der Waals surface area contributed by atoms with E-state index in [2.05, 4.69) is 6.58 Å². The fraction of sp³-hybridized carbons (Fsp3) is 0.167. The standard InChI is InChI=1S/C24H22F2N2O2S/c1-2-12-27(24(30)19-5-3-6-21(26)14-19)17-23(29)28(16-22-7-4-13-31-22)15-18-8-10-20(25)11-9-18/h2-11,13-14H,1,12,15-17H2. The first-order chi connectivity index (χ1) is 15.0. The molecule has 0 aliphatic rings. The summed E-state index contributed by atoms with van der Waals surface area (Å²) in [6.07, 6.45) is 1.52. The van der Waals surface area contributed by atoms with Crippen LogP contribution in [-0.2, 0) is 17.9 Å². The van der Waals surface area contributed by atoms with Gasteiger partial charge in [-0.3, -0.25) is 9.59 Å². The highest BCUT2D eigenvalue weighted by molar-refractivity contribution is 7.09. The summed E-state index contributed by atoms with van der Waals surface area (Å²) in [5.74, 6) is -1.60. The third-order valence-electron chi connectivity index (χ3n) is 4.60. The number of benzene rings is 2. The molecule has 0 aliphatic heterocycles. The predicted octanol–water partition coefficient (Wildman–Crippen LogP) is 4.88. The van der Waals surface area contributed by atoms with Crippen molar-refractivity contribution >= 4 is 23.2 Å². The number of halogens is 2. The number of amides is 2. The van der Waals surface area contributed by atoms with E-state index < -0.39 is 11.7 Å². The van der Waals surface area contributed by atoms with Crippen LogP contribution in [0.4, 0.5) is 8.78 Å². The van der Waals surface area contributed by atoms with Crippen molar-refractivity contribution in [3.05, 3.63) is 106 Å². The molecule has 2 aromatic carbocycles. The number of hydrogen-bond donors (Lipinski definition) is 0. The summed E-state index contributed by atoms with van der Waals surface area (Å²) in [7, 11) is 0. The molecule has 7 heteroatoms. The Morgan fingerprint density at radius 3 is 2.35 bits per heavy atom. The van der Waals surface area contributed by atoms with E-state index in [0.717, 1.165) is 16.5 Å². The van der Waals surface area contributed by atoms with Crippen molar-refractivity contribution in [2.24, 2.45) is 0 Å². The first-order valence-electron chi connectivity index (χ1n) is 9.66. The van der Waals surface area contributed by atoms with E-state index in [9.17, 15) is 18.4 Å². The predicted molar refractivity (Wildman–Crippen MR) is 117 cm³/mol. The number of rotatable bonds is 9. The van der Waals surface area contributed by atoms with Gasteiger partial charge in [0.1, 0.15) is 18.2 Å². The Bertz CT molecular complexity index is 1040. The summed E-state index contributed by atoms with van der Waals surface area (Å²) < 4.78 is 26.8. The maximum Gasteiger partial charge on any atom is 0.254 e. The maximum absolute atomic E-state index is 13.6. The Labute approximate surface area is 184 Å². The van der Waals surface area contributed by atoms with Gasteiger partial charge < -0.3 is 9.80 Å². The SMILES string of the molecule is C=CCN(CC(=O)N(Cc1ccc(F)cc1)Cc1cccs1)C(=O)c1cccc(F)c1. The number of nitrogens with zero attached hydrogens (tertiary/aromatic N) is 2. The number of thiophene rings is 1. The Kier molecular flexibility index (Phi) is 7.67. The van der Waals surface area contributed by atoms with Crippen LogP contribution in [0.25, 0.3) is 0 Å². The molecule has 0 spiro atoms. The molecule has 1 heterocycles. The van der Waals surface area contributed by atoms with Gasteiger partial charge in [-0.1, -0.05) is 30.3 Å². The van der Waals surface area contributed by atoms with Crippen LogP contribution >= 0.6 is 11.3 Å². The second kappa shape index (κ2) is 10.6. The molecule has 0 saturated heterocycles. The molecule has 1 aromatic heterocycles. The molecule has 3 rings (SSSR count). The first-order valence-corrected chi connectivity index (χ1v) is 10.5. The second-order valence-electron chi connectivity index (χ2n) is 6.94. The van der Waals surface area contributed by atoms with Gasteiger partial charge >= 0.3 is 0 Å².